The van der Waals surface area contributed by atoms with Crippen LogP contribution < -0.4 is 29.6 Å². The first-order valence-electron chi connectivity index (χ1n) is 8.89. The molecule has 3 nitrogen and oxygen atoms in total. The van der Waals surface area contributed by atoms with Crippen LogP contribution in [0.4, 0.5) is 61.5 Å². The summed E-state index contributed by atoms with van der Waals surface area (Å²) in [6.07, 6.45) is -8.49. The van der Waals surface area contributed by atoms with Crippen molar-refractivity contribution in [1.29, 1.82) is 0 Å². The first kappa shape index (κ1) is 33.7. The second kappa shape index (κ2) is 9.98. The van der Waals surface area contributed by atoms with Crippen molar-refractivity contribution in [2.45, 2.75) is 53.3 Å². The smallest absolute Gasteiger partial charge is 0.744 e. The second-order valence-corrected chi connectivity index (χ2v) is 8.67. The zero-order valence-corrected chi connectivity index (χ0v) is 20.5. The monoisotopic (exact) mass is 594 g/mol. The zero-order chi connectivity index (χ0) is 28.3. The van der Waals surface area contributed by atoms with Crippen LogP contribution in [-0.4, -0.2) is 54.9 Å². The van der Waals surface area contributed by atoms with Gasteiger partial charge in [-0.05, 0) is 22.4 Å². The molecule has 0 N–H and O–H groups in total. The van der Waals surface area contributed by atoms with Crippen LogP contribution in [0.3, 0.4) is 0 Å². The van der Waals surface area contributed by atoms with Crippen molar-refractivity contribution in [2.75, 3.05) is 0 Å². The summed E-state index contributed by atoms with van der Waals surface area (Å²) in [5, 5.41) is -1.47. The number of hydrogen-bond acceptors (Lipinski definition) is 3. The number of benzene rings is 2. The molecule has 2 aromatic carbocycles. The summed E-state index contributed by atoms with van der Waals surface area (Å²) in [7, 11) is -5.32. The van der Waals surface area contributed by atoms with Gasteiger partial charge in [-0.15, -0.1) is 0 Å². The summed E-state index contributed by atoms with van der Waals surface area (Å²) < 4.78 is 222. The topological polar surface area (TPSA) is 57.2 Å². The van der Waals surface area contributed by atoms with Gasteiger partial charge in [-0.25, -0.2) is 17.2 Å². The third-order valence-corrected chi connectivity index (χ3v) is 5.88. The van der Waals surface area contributed by atoms with E-state index in [4.69, 9.17) is 0 Å². The number of rotatable bonds is 9. The van der Waals surface area contributed by atoms with E-state index in [2.05, 4.69) is 0 Å². The molecule has 19 heteroatoms. The summed E-state index contributed by atoms with van der Waals surface area (Å²) in [6.45, 7) is 0. The zero-order valence-electron chi connectivity index (χ0n) is 17.7. The van der Waals surface area contributed by atoms with Crippen LogP contribution in [0.15, 0.2) is 41.3 Å². The van der Waals surface area contributed by atoms with E-state index in [0.29, 0.717) is 18.2 Å². The third-order valence-electron chi connectivity index (χ3n) is 4.99. The molecule has 0 aromatic heterocycles. The molecule has 0 heterocycles. The minimum atomic E-state index is -8.14. The van der Waals surface area contributed by atoms with Crippen LogP contribution in [0, 0.1) is 0 Å². The summed E-state index contributed by atoms with van der Waals surface area (Å²) in [4.78, 5) is -1.09. The van der Waals surface area contributed by atoms with Gasteiger partial charge in [0.2, 0.25) is 0 Å². The van der Waals surface area contributed by atoms with E-state index in [1.54, 1.807) is 0 Å². The van der Waals surface area contributed by atoms with Gasteiger partial charge in [-0.2, -0.15) is 52.7 Å². The van der Waals surface area contributed by atoms with E-state index in [0.717, 1.165) is 18.2 Å². The summed E-state index contributed by atoms with van der Waals surface area (Å²) >= 11 is 0. The molecule has 2 rings (SSSR count). The van der Waals surface area contributed by atoms with Crippen molar-refractivity contribution in [1.82, 2.24) is 0 Å². The fourth-order valence-electron chi connectivity index (χ4n) is 3.04. The van der Waals surface area contributed by atoms with Crippen molar-refractivity contribution in [3.05, 3.63) is 42.0 Å². The standard InChI is InChI=1S/C18H10F14O3S.Na/c19-12(20)14(23,24)16(27,28)18(31,32)17(29,30)15(25,26)13(21,22)7-8-3-1-5-10-9(8)4-2-6-11(10)36(33,34)35;/h1-6,12H,7H2,(H,33,34,35);/q;+1/p-1. The van der Waals surface area contributed by atoms with Gasteiger partial charge in [0.1, 0.15) is 10.1 Å². The Kier molecular flexibility index (Phi) is 9.08. The van der Waals surface area contributed by atoms with E-state index in [1.165, 1.54) is 0 Å². The molecule has 0 amide bonds. The van der Waals surface area contributed by atoms with E-state index in [9.17, 15) is 74.4 Å². The SMILES string of the molecule is O=S(=O)([O-])c1cccc2c(CC(F)(F)C(F)(F)C(F)(F)C(F)(F)C(F)(F)C(F)(F)C(F)F)cccc12.[Na+]. The van der Waals surface area contributed by atoms with Gasteiger partial charge in [0.25, 0.3) is 0 Å². The molecular formula is C18H9F14NaO3S. The molecule has 0 unspecified atom stereocenters. The van der Waals surface area contributed by atoms with Gasteiger partial charge in [0.15, 0.2) is 0 Å². The molecule has 0 atom stereocenters. The maximum absolute atomic E-state index is 14.3. The predicted octanol–water partition coefficient (Wildman–Crippen LogP) is 3.37. The third kappa shape index (κ3) is 5.15. The average Bonchev–Trinajstić information content (AvgIpc) is 2.71. The molecule has 204 valence electrons. The quantitative estimate of drug-likeness (QED) is 0.255. The molecule has 0 saturated heterocycles. The van der Waals surface area contributed by atoms with Crippen LogP contribution >= 0.6 is 0 Å². The van der Waals surface area contributed by atoms with Gasteiger partial charge in [-0.3, -0.25) is 0 Å². The van der Waals surface area contributed by atoms with Crippen LogP contribution in [0.5, 0.6) is 0 Å². The van der Waals surface area contributed by atoms with E-state index < -0.39 is 79.7 Å². The molecule has 0 radical (unpaired) electrons. The Morgan fingerprint density at radius 2 is 1.11 bits per heavy atom. The molecule has 0 aliphatic rings. The Morgan fingerprint density at radius 1 is 0.676 bits per heavy atom. The molecule has 0 aliphatic carbocycles. The Labute approximate surface area is 219 Å². The Hall–Kier alpha value is -1.37. The van der Waals surface area contributed by atoms with Crippen molar-refractivity contribution in [2.24, 2.45) is 0 Å². The minimum absolute atomic E-state index is 0. The van der Waals surface area contributed by atoms with Gasteiger partial charge < -0.3 is 4.55 Å². The fraction of sp³-hybridized carbons (Fsp3) is 0.444. The second-order valence-electron chi connectivity index (χ2n) is 7.32. The summed E-state index contributed by atoms with van der Waals surface area (Å²) in [6, 6.07) is 3.99. The summed E-state index contributed by atoms with van der Waals surface area (Å²) in [5.41, 5.74) is -1.19. The van der Waals surface area contributed by atoms with Crippen LogP contribution in [0.1, 0.15) is 5.56 Å². The van der Waals surface area contributed by atoms with Gasteiger partial charge >= 0.3 is 71.5 Å². The van der Waals surface area contributed by atoms with Crippen molar-refractivity contribution >= 4 is 20.9 Å². The molecule has 0 spiro atoms. The first-order valence-corrected chi connectivity index (χ1v) is 10.3. The first-order chi connectivity index (χ1) is 15.9. The van der Waals surface area contributed by atoms with E-state index >= 15 is 0 Å². The molecule has 0 fully saturated rings. The minimum Gasteiger partial charge on any atom is -0.744 e. The fourth-order valence-corrected chi connectivity index (χ4v) is 3.73. The molecule has 0 saturated carbocycles. The average molecular weight is 594 g/mol. The van der Waals surface area contributed by atoms with E-state index in [1.807, 2.05) is 0 Å². The Bertz CT molecular complexity index is 1250. The number of halogens is 14. The largest absolute Gasteiger partial charge is 1.00 e. The van der Waals surface area contributed by atoms with Gasteiger partial charge in [0, 0.05) is 6.42 Å². The molecular weight excluding hydrogens is 585 g/mol. The van der Waals surface area contributed by atoms with Crippen LogP contribution in [0.25, 0.3) is 10.8 Å². The normalized spacial score (nSPS) is 14.7. The number of fused-ring (bicyclic) bond motifs is 1. The van der Waals surface area contributed by atoms with Crippen molar-refractivity contribution < 1.29 is 104 Å². The van der Waals surface area contributed by atoms with Crippen LogP contribution in [-0.2, 0) is 16.5 Å². The number of hydrogen-bond donors (Lipinski definition) is 0. The molecule has 0 aliphatic heterocycles. The molecule has 2 aromatic rings. The predicted molar refractivity (Wildman–Crippen MR) is 91.3 cm³/mol. The maximum Gasteiger partial charge on any atom is 1.00 e. The Morgan fingerprint density at radius 3 is 1.57 bits per heavy atom. The van der Waals surface area contributed by atoms with Crippen molar-refractivity contribution in [3.63, 3.8) is 0 Å². The van der Waals surface area contributed by atoms with Crippen LogP contribution in [0.2, 0.25) is 0 Å². The Balaban J connectivity index is 0.00000684. The number of alkyl halides is 14. The maximum atomic E-state index is 14.3. The van der Waals surface area contributed by atoms with E-state index in [-0.39, 0.29) is 29.6 Å². The van der Waals surface area contributed by atoms with Gasteiger partial charge in [-0.1, -0.05) is 30.3 Å². The van der Waals surface area contributed by atoms with Gasteiger partial charge in [0.05, 0.1) is 4.90 Å². The van der Waals surface area contributed by atoms with Crippen molar-refractivity contribution in [3.8, 4) is 0 Å². The molecule has 0 bridgehead atoms. The molecule has 37 heavy (non-hydrogen) atoms. The summed E-state index contributed by atoms with van der Waals surface area (Å²) in [5.74, 6) is -45.5.